The van der Waals surface area contributed by atoms with Crippen molar-refractivity contribution in [1.29, 1.82) is 5.26 Å². The number of halogens is 3. The predicted octanol–water partition coefficient (Wildman–Crippen LogP) is 9.22. The molecule has 2 aromatic heterocycles. The number of rotatable bonds is 3. The summed E-state index contributed by atoms with van der Waals surface area (Å²) in [5.74, 6) is 0. The van der Waals surface area contributed by atoms with Gasteiger partial charge < -0.3 is 0 Å². The minimum absolute atomic E-state index is 0.0743. The first kappa shape index (κ1) is 25.4. The Morgan fingerprint density at radius 3 is 1.81 bits per heavy atom. The minimum Gasteiger partial charge on any atom is -0.247 e. The molecular formula is C35H19F3N4. The second-order valence-corrected chi connectivity index (χ2v) is 9.83. The maximum absolute atomic E-state index is 15.0. The molecule has 0 amide bonds. The largest absolute Gasteiger partial charge is 0.417 e. The number of alkyl halides is 3. The van der Waals surface area contributed by atoms with Gasteiger partial charge in [0.15, 0.2) is 0 Å². The van der Waals surface area contributed by atoms with Crippen molar-refractivity contribution in [3.63, 3.8) is 0 Å². The van der Waals surface area contributed by atoms with E-state index in [1.165, 1.54) is 0 Å². The van der Waals surface area contributed by atoms with Gasteiger partial charge in [-0.3, -0.25) is 0 Å². The van der Waals surface area contributed by atoms with Crippen LogP contribution in [0, 0.1) is 11.3 Å². The van der Waals surface area contributed by atoms with Gasteiger partial charge in [0.1, 0.15) is 0 Å². The summed E-state index contributed by atoms with van der Waals surface area (Å²) in [5.41, 5.74) is 3.22. The van der Waals surface area contributed by atoms with Crippen molar-refractivity contribution < 1.29 is 13.2 Å². The zero-order valence-corrected chi connectivity index (χ0v) is 21.9. The molecule has 0 radical (unpaired) electrons. The number of para-hydroxylation sites is 1. The van der Waals surface area contributed by atoms with E-state index >= 15 is 0 Å². The van der Waals surface area contributed by atoms with Crippen LogP contribution < -0.4 is 0 Å². The molecule has 0 bridgehead atoms. The number of aromatic nitrogens is 3. The third-order valence-corrected chi connectivity index (χ3v) is 7.30. The molecule has 0 atom stereocenters. The van der Waals surface area contributed by atoms with E-state index in [0.29, 0.717) is 33.4 Å². The maximum Gasteiger partial charge on any atom is 0.417 e. The fraction of sp³-hybridized carbons (Fsp3) is 0.0286. The van der Waals surface area contributed by atoms with E-state index < -0.39 is 11.7 Å². The summed E-state index contributed by atoms with van der Waals surface area (Å²) in [7, 11) is 0. The van der Waals surface area contributed by atoms with Gasteiger partial charge in [-0.15, -0.1) is 0 Å². The SMILES string of the molecule is N#Cc1ccccc1-c1nc2ccccc2c2c1c(C(F)(F)F)cc1nc(-c3ccccc3)c(-c3ccccc3)nc12. The quantitative estimate of drug-likeness (QED) is 0.205. The van der Waals surface area contributed by atoms with Gasteiger partial charge in [0.25, 0.3) is 0 Å². The summed E-state index contributed by atoms with van der Waals surface area (Å²) >= 11 is 0. The highest BCUT2D eigenvalue weighted by Gasteiger charge is 2.36. The molecule has 7 aromatic rings. The molecule has 0 aliphatic rings. The Labute approximate surface area is 238 Å². The van der Waals surface area contributed by atoms with Crippen molar-refractivity contribution in [2.75, 3.05) is 0 Å². The van der Waals surface area contributed by atoms with E-state index in [4.69, 9.17) is 15.0 Å². The molecule has 0 unspecified atom stereocenters. The second kappa shape index (κ2) is 9.79. The zero-order valence-electron chi connectivity index (χ0n) is 21.9. The summed E-state index contributed by atoms with van der Waals surface area (Å²) in [6.07, 6.45) is -4.74. The molecule has 4 nitrogen and oxygen atoms in total. The number of hydrogen-bond donors (Lipinski definition) is 0. The first-order chi connectivity index (χ1) is 20.4. The topological polar surface area (TPSA) is 62.5 Å². The summed E-state index contributed by atoms with van der Waals surface area (Å²) in [5, 5.41) is 10.5. The molecule has 0 saturated heterocycles. The number of nitrogens with zero attached hydrogens (tertiary/aromatic N) is 4. The lowest BCUT2D eigenvalue weighted by atomic mass is 9.92. The van der Waals surface area contributed by atoms with Crippen molar-refractivity contribution in [2.24, 2.45) is 0 Å². The van der Waals surface area contributed by atoms with Crippen molar-refractivity contribution in [1.82, 2.24) is 15.0 Å². The molecule has 0 aliphatic carbocycles. The van der Waals surface area contributed by atoms with Crippen LogP contribution in [0.15, 0.2) is 115 Å². The van der Waals surface area contributed by atoms with Crippen LogP contribution in [0.25, 0.3) is 66.5 Å². The van der Waals surface area contributed by atoms with Gasteiger partial charge in [-0.2, -0.15) is 18.4 Å². The third-order valence-electron chi connectivity index (χ3n) is 7.30. The highest BCUT2D eigenvalue weighted by Crippen LogP contribution is 2.45. The molecule has 0 N–H and O–H groups in total. The van der Waals surface area contributed by atoms with E-state index in [0.717, 1.165) is 17.2 Å². The lowest BCUT2D eigenvalue weighted by Gasteiger charge is -2.19. The van der Waals surface area contributed by atoms with Crippen LogP contribution >= 0.6 is 0 Å². The van der Waals surface area contributed by atoms with E-state index in [9.17, 15) is 18.4 Å². The van der Waals surface area contributed by atoms with Crippen LogP contribution in [0.3, 0.4) is 0 Å². The fourth-order valence-electron chi connectivity index (χ4n) is 5.46. The van der Waals surface area contributed by atoms with Crippen LogP contribution in [-0.2, 0) is 6.18 Å². The molecule has 2 heterocycles. The Bertz CT molecular complexity index is 2190. The molecule has 0 spiro atoms. The Balaban J connectivity index is 1.74. The normalized spacial score (nSPS) is 11.7. The van der Waals surface area contributed by atoms with Crippen molar-refractivity contribution >= 4 is 32.7 Å². The van der Waals surface area contributed by atoms with Crippen LogP contribution in [0.1, 0.15) is 11.1 Å². The van der Waals surface area contributed by atoms with Crippen LogP contribution in [0.4, 0.5) is 13.2 Å². The van der Waals surface area contributed by atoms with Crippen molar-refractivity contribution in [3.05, 3.63) is 126 Å². The first-order valence-corrected chi connectivity index (χ1v) is 13.2. The summed E-state index contributed by atoms with van der Waals surface area (Å²) < 4.78 is 44.9. The highest BCUT2D eigenvalue weighted by molar-refractivity contribution is 6.22. The lowest BCUT2D eigenvalue weighted by Crippen LogP contribution is -2.09. The average Bonchev–Trinajstić information content (AvgIpc) is 3.03. The number of benzene rings is 5. The van der Waals surface area contributed by atoms with Gasteiger partial charge in [-0.1, -0.05) is 97.1 Å². The Morgan fingerprint density at radius 1 is 0.571 bits per heavy atom. The second-order valence-electron chi connectivity index (χ2n) is 9.83. The summed E-state index contributed by atoms with van der Waals surface area (Å²) in [6, 6.07) is 35.6. The fourth-order valence-corrected chi connectivity index (χ4v) is 5.46. The monoisotopic (exact) mass is 552 g/mol. The molecule has 7 heteroatoms. The first-order valence-electron chi connectivity index (χ1n) is 13.2. The molecule has 0 aliphatic heterocycles. The molecule has 0 fully saturated rings. The van der Waals surface area contributed by atoms with E-state index in [1.54, 1.807) is 48.5 Å². The lowest BCUT2D eigenvalue weighted by molar-refractivity contribution is -0.136. The predicted molar refractivity (Wildman–Crippen MR) is 158 cm³/mol. The highest BCUT2D eigenvalue weighted by atomic mass is 19.4. The molecule has 7 rings (SSSR count). The van der Waals surface area contributed by atoms with Crippen LogP contribution in [-0.4, -0.2) is 15.0 Å². The van der Waals surface area contributed by atoms with Gasteiger partial charge >= 0.3 is 6.18 Å². The number of nitriles is 1. The Kier molecular flexibility index (Phi) is 5.91. The van der Waals surface area contributed by atoms with Gasteiger partial charge in [0.2, 0.25) is 0 Å². The number of fused-ring (bicyclic) bond motifs is 5. The zero-order chi connectivity index (χ0) is 28.8. The minimum atomic E-state index is -4.74. The summed E-state index contributed by atoms with van der Waals surface area (Å²) in [4.78, 5) is 14.6. The van der Waals surface area contributed by atoms with Crippen LogP contribution in [0.5, 0.6) is 0 Å². The molecule has 0 saturated carbocycles. The maximum atomic E-state index is 15.0. The Hall–Kier alpha value is -5.61. The molecule has 5 aromatic carbocycles. The van der Waals surface area contributed by atoms with Gasteiger partial charge in [-0.25, -0.2) is 15.0 Å². The average molecular weight is 553 g/mol. The van der Waals surface area contributed by atoms with Gasteiger partial charge in [-0.05, 0) is 18.2 Å². The number of hydrogen-bond acceptors (Lipinski definition) is 4. The van der Waals surface area contributed by atoms with Gasteiger partial charge in [0, 0.05) is 32.8 Å². The van der Waals surface area contributed by atoms with E-state index in [-0.39, 0.29) is 27.5 Å². The molecule has 200 valence electrons. The summed E-state index contributed by atoms with van der Waals surface area (Å²) in [6.45, 7) is 0. The molecular weight excluding hydrogens is 533 g/mol. The molecule has 42 heavy (non-hydrogen) atoms. The third kappa shape index (κ3) is 4.13. The smallest absolute Gasteiger partial charge is 0.247 e. The van der Waals surface area contributed by atoms with Gasteiger partial charge in [0.05, 0.1) is 50.8 Å². The van der Waals surface area contributed by atoms with Crippen molar-refractivity contribution in [2.45, 2.75) is 6.18 Å². The van der Waals surface area contributed by atoms with Crippen LogP contribution in [0.2, 0.25) is 0 Å². The van der Waals surface area contributed by atoms with Crippen molar-refractivity contribution in [3.8, 4) is 39.8 Å². The standard InChI is InChI=1S/C35H19F3N4/c36-35(37,38)26-19-28-34(42-32(22-13-5-2-6-14-22)31(41-28)21-11-3-1-4-12-21)29-25-17-9-10-18-27(25)40-33(30(26)29)24-16-8-7-15-23(24)20-39/h1-19H. The van der Waals surface area contributed by atoms with E-state index in [2.05, 4.69) is 6.07 Å². The van der Waals surface area contributed by atoms with E-state index in [1.807, 2.05) is 60.7 Å². The Morgan fingerprint density at radius 2 is 1.14 bits per heavy atom. The number of pyridine rings is 1.